The SMILES string of the molecule is c1ccc(COC[C@H]2O[C@H](O[C@H]3[C@H](OCc4ccccc4)[C@H](OCc4ccccc4)[C@@H]4OC[C@H]3O4)[C@@H](OCc3ccccc3)[C@@H](OCc3ccccc3)[C@@H]2OCc2ccccc2)cc1. The lowest BCUT2D eigenvalue weighted by molar-refractivity contribution is -0.359. The molecule has 3 heterocycles. The molecule has 6 aromatic carbocycles. The van der Waals surface area contributed by atoms with Gasteiger partial charge in [0.1, 0.15) is 48.8 Å². The molecular weight excluding hydrogens is 809 g/mol. The standard InChI is InChI=1S/C54H56O10/c1-7-19-39(20-8-1)31-55-37-45-47(56-32-40-21-9-2-10-22-40)49(57-33-41-23-11-3-12-24-41)52(60-36-44-29-17-6-18-30-44)54(63-45)64-48-46-38-61-53(62-46)51(59-35-43-27-15-5-16-28-43)50(48)58-34-42-25-13-4-14-26-42/h1-30,45-54H,31-38H2/t45-,46-,47-,48-,49+,50+,51+,52+,53-,54-/m1/s1. The molecule has 10 nitrogen and oxygen atoms in total. The van der Waals surface area contributed by atoms with Gasteiger partial charge < -0.3 is 47.4 Å². The van der Waals surface area contributed by atoms with Gasteiger partial charge in [-0.3, -0.25) is 0 Å². The van der Waals surface area contributed by atoms with Crippen molar-refractivity contribution in [3.05, 3.63) is 215 Å². The lowest BCUT2D eigenvalue weighted by atomic mass is 9.96. The van der Waals surface area contributed by atoms with E-state index < -0.39 is 61.4 Å². The zero-order chi connectivity index (χ0) is 43.2. The molecule has 0 saturated carbocycles. The highest BCUT2D eigenvalue weighted by molar-refractivity contribution is 5.18. The Bertz CT molecular complexity index is 2220. The lowest BCUT2D eigenvalue weighted by Crippen LogP contribution is -2.64. The molecule has 332 valence electrons. The first-order chi connectivity index (χ1) is 31.7. The second-order valence-corrected chi connectivity index (χ2v) is 16.3. The van der Waals surface area contributed by atoms with Gasteiger partial charge in [-0.2, -0.15) is 0 Å². The summed E-state index contributed by atoms with van der Waals surface area (Å²) in [5.41, 5.74) is 6.10. The maximum atomic E-state index is 7.29. The Balaban J connectivity index is 1.06. The van der Waals surface area contributed by atoms with Crippen LogP contribution in [0.25, 0.3) is 0 Å². The van der Waals surface area contributed by atoms with Gasteiger partial charge in [-0.15, -0.1) is 0 Å². The van der Waals surface area contributed by atoms with Gasteiger partial charge in [0.2, 0.25) is 0 Å². The van der Waals surface area contributed by atoms with Crippen molar-refractivity contribution >= 4 is 0 Å². The Kier molecular flexibility index (Phi) is 15.7. The summed E-state index contributed by atoms with van der Waals surface area (Å²) in [6, 6.07) is 60.5. The summed E-state index contributed by atoms with van der Waals surface area (Å²) in [6.45, 7) is 2.40. The predicted molar refractivity (Wildman–Crippen MR) is 239 cm³/mol. The number of fused-ring (bicyclic) bond motifs is 2. The molecule has 0 radical (unpaired) electrons. The Labute approximate surface area is 375 Å². The second-order valence-electron chi connectivity index (χ2n) is 16.3. The van der Waals surface area contributed by atoms with Gasteiger partial charge in [0.25, 0.3) is 0 Å². The van der Waals surface area contributed by atoms with Crippen molar-refractivity contribution in [2.45, 2.75) is 101 Å². The van der Waals surface area contributed by atoms with Crippen LogP contribution in [0.4, 0.5) is 0 Å². The lowest BCUT2D eigenvalue weighted by Gasteiger charge is -2.48. The van der Waals surface area contributed by atoms with Crippen LogP contribution in [0, 0.1) is 0 Å². The van der Waals surface area contributed by atoms with Gasteiger partial charge in [0, 0.05) is 0 Å². The highest BCUT2D eigenvalue weighted by Gasteiger charge is 2.56. The van der Waals surface area contributed by atoms with E-state index in [1.54, 1.807) is 0 Å². The van der Waals surface area contributed by atoms with Gasteiger partial charge in [0.05, 0.1) is 52.9 Å². The molecule has 6 aromatic rings. The van der Waals surface area contributed by atoms with Crippen molar-refractivity contribution < 1.29 is 47.4 Å². The zero-order valence-corrected chi connectivity index (χ0v) is 35.8. The molecule has 3 aliphatic rings. The highest BCUT2D eigenvalue weighted by atomic mass is 16.8. The normalized spacial score (nSPS) is 26.4. The predicted octanol–water partition coefficient (Wildman–Crippen LogP) is 9.00. The average molecular weight is 865 g/mol. The molecule has 0 spiro atoms. The third kappa shape index (κ3) is 11.8. The molecular formula is C54H56O10. The summed E-state index contributed by atoms with van der Waals surface area (Å²) in [5, 5.41) is 0. The summed E-state index contributed by atoms with van der Waals surface area (Å²) in [7, 11) is 0. The van der Waals surface area contributed by atoms with E-state index in [1.807, 2.05) is 182 Å². The monoisotopic (exact) mass is 864 g/mol. The van der Waals surface area contributed by atoms with Gasteiger partial charge in [-0.05, 0) is 33.4 Å². The largest absolute Gasteiger partial charge is 0.374 e. The van der Waals surface area contributed by atoms with E-state index in [4.69, 9.17) is 47.4 Å². The average Bonchev–Trinajstić information content (AvgIpc) is 3.79. The number of rotatable bonds is 21. The summed E-state index contributed by atoms with van der Waals surface area (Å²) in [6.07, 6.45) is -6.79. The van der Waals surface area contributed by atoms with E-state index in [-0.39, 0.29) is 19.8 Å². The molecule has 0 aromatic heterocycles. The number of hydrogen-bond acceptors (Lipinski definition) is 10. The Morgan fingerprint density at radius 1 is 0.359 bits per heavy atom. The maximum absolute atomic E-state index is 7.29. The number of hydrogen-bond donors (Lipinski definition) is 0. The number of ether oxygens (including phenoxy) is 10. The topological polar surface area (TPSA) is 92.3 Å². The van der Waals surface area contributed by atoms with E-state index in [0.717, 1.165) is 33.4 Å². The fourth-order valence-electron chi connectivity index (χ4n) is 8.41. The summed E-state index contributed by atoms with van der Waals surface area (Å²) >= 11 is 0. The number of benzene rings is 6. The quantitative estimate of drug-likeness (QED) is 0.0699. The van der Waals surface area contributed by atoms with E-state index >= 15 is 0 Å². The Morgan fingerprint density at radius 3 is 1.16 bits per heavy atom. The van der Waals surface area contributed by atoms with Crippen LogP contribution in [-0.2, 0) is 87.0 Å². The molecule has 3 aliphatic heterocycles. The molecule has 10 heteroatoms. The molecule has 3 saturated heterocycles. The van der Waals surface area contributed by atoms with E-state index in [2.05, 4.69) is 0 Å². The maximum Gasteiger partial charge on any atom is 0.187 e. The van der Waals surface area contributed by atoms with Crippen LogP contribution in [-0.4, -0.2) is 74.6 Å². The minimum Gasteiger partial charge on any atom is -0.374 e. The molecule has 9 rings (SSSR count). The van der Waals surface area contributed by atoms with Crippen molar-refractivity contribution in [3.8, 4) is 0 Å². The molecule has 3 fully saturated rings. The third-order valence-electron chi connectivity index (χ3n) is 11.7. The molecule has 64 heavy (non-hydrogen) atoms. The van der Waals surface area contributed by atoms with Crippen LogP contribution in [0.1, 0.15) is 33.4 Å². The minimum absolute atomic E-state index is 0.192. The molecule has 0 unspecified atom stereocenters. The van der Waals surface area contributed by atoms with Crippen molar-refractivity contribution in [1.29, 1.82) is 0 Å². The first kappa shape index (κ1) is 44.1. The second kappa shape index (κ2) is 22.7. The van der Waals surface area contributed by atoms with Crippen molar-refractivity contribution in [2.75, 3.05) is 13.2 Å². The van der Waals surface area contributed by atoms with Crippen molar-refractivity contribution in [1.82, 2.24) is 0 Å². The van der Waals surface area contributed by atoms with Gasteiger partial charge in [-0.25, -0.2) is 0 Å². The zero-order valence-electron chi connectivity index (χ0n) is 35.8. The van der Waals surface area contributed by atoms with Crippen LogP contribution in [0.2, 0.25) is 0 Å². The molecule has 0 aliphatic carbocycles. The van der Waals surface area contributed by atoms with Crippen molar-refractivity contribution in [3.63, 3.8) is 0 Å². The fraction of sp³-hybridized carbons (Fsp3) is 0.333. The molecule has 0 N–H and O–H groups in total. The summed E-state index contributed by atoms with van der Waals surface area (Å²) in [4.78, 5) is 0. The van der Waals surface area contributed by atoms with Gasteiger partial charge in [-0.1, -0.05) is 182 Å². The summed E-state index contributed by atoms with van der Waals surface area (Å²) < 4.78 is 68.1. The smallest absolute Gasteiger partial charge is 0.187 e. The van der Waals surface area contributed by atoms with Crippen LogP contribution in [0.15, 0.2) is 182 Å². The Morgan fingerprint density at radius 2 is 0.719 bits per heavy atom. The summed E-state index contributed by atoms with van der Waals surface area (Å²) in [5.74, 6) is 0. The third-order valence-corrected chi connectivity index (χ3v) is 11.7. The Hall–Kier alpha value is -5.08. The van der Waals surface area contributed by atoms with Crippen LogP contribution in [0.3, 0.4) is 0 Å². The van der Waals surface area contributed by atoms with Crippen molar-refractivity contribution in [2.24, 2.45) is 0 Å². The first-order valence-electron chi connectivity index (χ1n) is 22.2. The van der Waals surface area contributed by atoms with Crippen LogP contribution >= 0.6 is 0 Å². The van der Waals surface area contributed by atoms with Gasteiger partial charge in [0.15, 0.2) is 12.6 Å². The van der Waals surface area contributed by atoms with E-state index in [9.17, 15) is 0 Å². The van der Waals surface area contributed by atoms with Crippen LogP contribution < -0.4 is 0 Å². The van der Waals surface area contributed by atoms with E-state index in [1.165, 1.54) is 0 Å². The first-order valence-corrected chi connectivity index (χ1v) is 22.2. The molecule has 10 atom stereocenters. The highest BCUT2D eigenvalue weighted by Crippen LogP contribution is 2.39. The van der Waals surface area contributed by atoms with Gasteiger partial charge >= 0.3 is 0 Å². The van der Waals surface area contributed by atoms with E-state index in [0.29, 0.717) is 33.0 Å². The fourth-order valence-corrected chi connectivity index (χ4v) is 8.41. The minimum atomic E-state index is -0.991. The molecule has 2 bridgehead atoms. The van der Waals surface area contributed by atoms with Crippen LogP contribution in [0.5, 0.6) is 0 Å². The molecule has 0 amide bonds.